The molecule has 1 aliphatic heterocycles. The first-order valence-corrected chi connectivity index (χ1v) is 8.19. The maximum absolute atomic E-state index is 12.8. The average molecular weight is 341 g/mol. The highest BCUT2D eigenvalue weighted by Crippen LogP contribution is 2.25. The van der Waals surface area contributed by atoms with E-state index in [-0.39, 0.29) is 23.7 Å². The van der Waals surface area contributed by atoms with Crippen molar-refractivity contribution in [2.45, 2.75) is 13.3 Å². The van der Waals surface area contributed by atoms with Gasteiger partial charge in [-0.1, -0.05) is 17.7 Å². The SMILES string of the molecule is Cc1ccc(N2C[C@@H](CNC(=O)Nc3ccc(F)cc3)CC2=O)cc1. The standard InChI is InChI=1S/C19H20FN3O2/c1-13-2-8-17(9-3-13)23-12-14(10-18(23)24)11-21-19(25)22-16-6-4-15(20)5-7-16/h2-9,14H,10-12H2,1H3,(H2,21,22,25)/t14-/m1/s1. The van der Waals surface area contributed by atoms with Gasteiger partial charge in [0.05, 0.1) is 0 Å². The fourth-order valence-electron chi connectivity index (χ4n) is 2.84. The summed E-state index contributed by atoms with van der Waals surface area (Å²) in [6.45, 7) is 2.99. The molecule has 25 heavy (non-hydrogen) atoms. The van der Waals surface area contributed by atoms with E-state index in [4.69, 9.17) is 0 Å². The molecule has 1 heterocycles. The van der Waals surface area contributed by atoms with Gasteiger partial charge in [-0.3, -0.25) is 4.79 Å². The minimum absolute atomic E-state index is 0.0628. The lowest BCUT2D eigenvalue weighted by Crippen LogP contribution is -2.34. The van der Waals surface area contributed by atoms with Gasteiger partial charge in [-0.25, -0.2) is 9.18 Å². The van der Waals surface area contributed by atoms with Crippen LogP contribution in [0, 0.1) is 18.7 Å². The molecule has 0 bridgehead atoms. The van der Waals surface area contributed by atoms with Gasteiger partial charge in [0.1, 0.15) is 5.82 Å². The Kier molecular flexibility index (Phi) is 4.97. The van der Waals surface area contributed by atoms with E-state index in [2.05, 4.69) is 10.6 Å². The lowest BCUT2D eigenvalue weighted by atomic mass is 10.1. The summed E-state index contributed by atoms with van der Waals surface area (Å²) in [5.74, 6) is -0.228. The van der Waals surface area contributed by atoms with E-state index < -0.39 is 0 Å². The summed E-state index contributed by atoms with van der Waals surface area (Å²) in [7, 11) is 0. The number of benzene rings is 2. The van der Waals surface area contributed by atoms with Gasteiger partial charge in [-0.15, -0.1) is 0 Å². The van der Waals surface area contributed by atoms with Crippen molar-refractivity contribution in [3.8, 4) is 0 Å². The number of urea groups is 1. The summed E-state index contributed by atoms with van der Waals surface area (Å²) < 4.78 is 12.8. The molecule has 1 saturated heterocycles. The lowest BCUT2D eigenvalue weighted by Gasteiger charge is -2.17. The van der Waals surface area contributed by atoms with Crippen molar-refractivity contribution in [1.29, 1.82) is 0 Å². The fraction of sp³-hybridized carbons (Fsp3) is 0.263. The highest BCUT2D eigenvalue weighted by atomic mass is 19.1. The zero-order chi connectivity index (χ0) is 17.8. The first kappa shape index (κ1) is 17.0. The van der Waals surface area contributed by atoms with Crippen LogP contribution in [0.3, 0.4) is 0 Å². The van der Waals surface area contributed by atoms with E-state index in [9.17, 15) is 14.0 Å². The summed E-state index contributed by atoms with van der Waals surface area (Å²) in [6, 6.07) is 13.0. The zero-order valence-corrected chi connectivity index (χ0v) is 14.0. The Bertz CT molecular complexity index is 759. The van der Waals surface area contributed by atoms with E-state index in [1.54, 1.807) is 4.90 Å². The summed E-state index contributed by atoms with van der Waals surface area (Å²) in [6.07, 6.45) is 0.407. The topological polar surface area (TPSA) is 61.4 Å². The van der Waals surface area contributed by atoms with Crippen LogP contribution in [0.15, 0.2) is 48.5 Å². The monoisotopic (exact) mass is 341 g/mol. The van der Waals surface area contributed by atoms with Gasteiger partial charge in [0, 0.05) is 36.8 Å². The Balaban J connectivity index is 1.50. The minimum atomic E-state index is -0.368. The van der Waals surface area contributed by atoms with E-state index in [0.29, 0.717) is 25.2 Å². The highest BCUT2D eigenvalue weighted by molar-refractivity contribution is 5.96. The first-order chi connectivity index (χ1) is 12.0. The molecular formula is C19H20FN3O2. The minimum Gasteiger partial charge on any atom is -0.338 e. The largest absolute Gasteiger partial charge is 0.338 e. The molecule has 2 N–H and O–H groups in total. The molecule has 1 fully saturated rings. The maximum Gasteiger partial charge on any atom is 0.319 e. The Morgan fingerprint density at radius 3 is 2.52 bits per heavy atom. The number of anilines is 2. The van der Waals surface area contributed by atoms with Crippen LogP contribution >= 0.6 is 0 Å². The van der Waals surface area contributed by atoms with E-state index >= 15 is 0 Å². The third-order valence-electron chi connectivity index (χ3n) is 4.20. The summed E-state index contributed by atoms with van der Waals surface area (Å²) in [4.78, 5) is 25.9. The van der Waals surface area contributed by atoms with Gasteiger partial charge in [-0.2, -0.15) is 0 Å². The van der Waals surface area contributed by atoms with Crippen molar-refractivity contribution in [2.75, 3.05) is 23.3 Å². The van der Waals surface area contributed by atoms with Crippen LogP contribution < -0.4 is 15.5 Å². The number of hydrogen-bond acceptors (Lipinski definition) is 2. The maximum atomic E-state index is 12.8. The third-order valence-corrected chi connectivity index (χ3v) is 4.20. The zero-order valence-electron chi connectivity index (χ0n) is 14.0. The van der Waals surface area contributed by atoms with Crippen molar-refractivity contribution in [3.63, 3.8) is 0 Å². The van der Waals surface area contributed by atoms with Crippen LogP contribution in [0.4, 0.5) is 20.6 Å². The molecule has 6 heteroatoms. The Morgan fingerprint density at radius 2 is 1.84 bits per heavy atom. The van der Waals surface area contributed by atoms with Crippen molar-refractivity contribution >= 4 is 23.3 Å². The second-order valence-electron chi connectivity index (χ2n) is 6.25. The van der Waals surface area contributed by atoms with Gasteiger partial charge >= 0.3 is 6.03 Å². The molecule has 0 aromatic heterocycles. The van der Waals surface area contributed by atoms with Crippen molar-refractivity contribution in [1.82, 2.24) is 5.32 Å². The number of hydrogen-bond donors (Lipinski definition) is 2. The summed E-state index contributed by atoms with van der Waals surface area (Å²) in [5.41, 5.74) is 2.54. The van der Waals surface area contributed by atoms with Crippen molar-refractivity contribution in [2.24, 2.45) is 5.92 Å². The number of amides is 3. The molecule has 5 nitrogen and oxygen atoms in total. The molecule has 1 aliphatic rings. The number of rotatable bonds is 4. The Labute approximate surface area is 145 Å². The first-order valence-electron chi connectivity index (χ1n) is 8.19. The molecule has 0 aliphatic carbocycles. The molecule has 3 amide bonds. The lowest BCUT2D eigenvalue weighted by molar-refractivity contribution is -0.117. The summed E-state index contributed by atoms with van der Waals surface area (Å²) >= 11 is 0. The molecule has 0 saturated carbocycles. The predicted octanol–water partition coefficient (Wildman–Crippen LogP) is 3.31. The van der Waals surface area contributed by atoms with Gasteiger partial charge in [-0.05, 0) is 43.3 Å². The fourth-order valence-corrected chi connectivity index (χ4v) is 2.84. The molecule has 3 rings (SSSR count). The van der Waals surface area contributed by atoms with Gasteiger partial charge in [0.15, 0.2) is 0 Å². The molecule has 0 spiro atoms. The summed E-state index contributed by atoms with van der Waals surface area (Å²) in [5, 5.41) is 5.40. The van der Waals surface area contributed by atoms with Gasteiger partial charge < -0.3 is 15.5 Å². The van der Waals surface area contributed by atoms with E-state index in [1.165, 1.54) is 24.3 Å². The Hall–Kier alpha value is -2.89. The number of halogens is 1. The second-order valence-corrected chi connectivity index (χ2v) is 6.25. The molecular weight excluding hydrogens is 321 g/mol. The molecule has 130 valence electrons. The van der Waals surface area contributed by atoms with Crippen LogP contribution in [0.2, 0.25) is 0 Å². The normalized spacial score (nSPS) is 16.8. The van der Waals surface area contributed by atoms with Crippen LogP contribution in [-0.2, 0) is 4.79 Å². The van der Waals surface area contributed by atoms with Crippen LogP contribution in [-0.4, -0.2) is 25.0 Å². The smallest absolute Gasteiger partial charge is 0.319 e. The van der Waals surface area contributed by atoms with Crippen LogP contribution in [0.25, 0.3) is 0 Å². The van der Waals surface area contributed by atoms with Gasteiger partial charge in [0.2, 0.25) is 5.91 Å². The number of carbonyl (C=O) groups excluding carboxylic acids is 2. The highest BCUT2D eigenvalue weighted by Gasteiger charge is 2.30. The predicted molar refractivity (Wildman–Crippen MR) is 95.1 cm³/mol. The molecule has 0 unspecified atom stereocenters. The molecule has 1 atom stereocenters. The molecule has 2 aromatic carbocycles. The van der Waals surface area contributed by atoms with Crippen LogP contribution in [0.5, 0.6) is 0 Å². The number of nitrogens with one attached hydrogen (secondary N) is 2. The quantitative estimate of drug-likeness (QED) is 0.896. The van der Waals surface area contributed by atoms with E-state index in [0.717, 1.165) is 11.3 Å². The van der Waals surface area contributed by atoms with Crippen molar-refractivity contribution < 1.29 is 14.0 Å². The number of carbonyl (C=O) groups is 2. The number of aryl methyl sites for hydroxylation is 1. The average Bonchev–Trinajstić information content (AvgIpc) is 2.97. The molecule has 2 aromatic rings. The van der Waals surface area contributed by atoms with Crippen molar-refractivity contribution in [3.05, 3.63) is 59.9 Å². The number of nitrogens with zero attached hydrogens (tertiary/aromatic N) is 1. The van der Waals surface area contributed by atoms with Crippen LogP contribution in [0.1, 0.15) is 12.0 Å². The Morgan fingerprint density at radius 1 is 1.16 bits per heavy atom. The third kappa shape index (κ3) is 4.35. The second kappa shape index (κ2) is 7.34. The van der Waals surface area contributed by atoms with Gasteiger partial charge in [0.25, 0.3) is 0 Å². The molecule has 0 radical (unpaired) electrons. The van der Waals surface area contributed by atoms with E-state index in [1.807, 2.05) is 31.2 Å².